The molecule has 28 heavy (non-hydrogen) atoms. The van der Waals surface area contributed by atoms with E-state index in [9.17, 15) is 19.2 Å². The fraction of sp³-hybridized carbons (Fsp3) is 0.0500. The van der Waals surface area contributed by atoms with Gasteiger partial charge in [0.2, 0.25) is 0 Å². The molecule has 142 valence electrons. The molecule has 8 heteroatoms. The first-order chi connectivity index (χ1) is 13.3. The number of benzene rings is 2. The molecule has 0 bridgehead atoms. The fourth-order valence-electron chi connectivity index (χ4n) is 2.49. The molecular weight excluding hydrogens is 385 g/mol. The lowest BCUT2D eigenvalue weighted by atomic mass is 10.1. The second-order valence-electron chi connectivity index (χ2n) is 5.95. The van der Waals surface area contributed by atoms with Crippen LogP contribution in [0.2, 0.25) is 5.02 Å². The lowest BCUT2D eigenvalue weighted by molar-refractivity contribution is 0.0961. The summed E-state index contributed by atoms with van der Waals surface area (Å²) in [5.41, 5.74) is 2.11. The zero-order chi connectivity index (χ0) is 20.3. The van der Waals surface area contributed by atoms with Gasteiger partial charge in [-0.1, -0.05) is 47.5 Å². The summed E-state index contributed by atoms with van der Waals surface area (Å²) in [7, 11) is 0. The first-order valence-corrected chi connectivity index (χ1v) is 8.56. The average Bonchev–Trinajstić information content (AvgIpc) is 2.64. The number of hydrogen-bond acceptors (Lipinski definition) is 3. The number of urea groups is 1. The molecule has 0 saturated carbocycles. The van der Waals surface area contributed by atoms with Crippen molar-refractivity contribution in [1.29, 1.82) is 0 Å². The van der Waals surface area contributed by atoms with Crippen molar-refractivity contribution < 1.29 is 19.2 Å². The van der Waals surface area contributed by atoms with Gasteiger partial charge in [-0.15, -0.1) is 0 Å². The predicted molar refractivity (Wildman–Crippen MR) is 102 cm³/mol. The number of halogens is 2. The van der Waals surface area contributed by atoms with Gasteiger partial charge in [0.25, 0.3) is 5.91 Å². The van der Waals surface area contributed by atoms with Crippen LogP contribution in [-0.4, -0.2) is 21.9 Å². The van der Waals surface area contributed by atoms with Crippen molar-refractivity contribution >= 4 is 23.5 Å². The summed E-state index contributed by atoms with van der Waals surface area (Å²) in [5, 5.41) is 11.9. The van der Waals surface area contributed by atoms with Crippen LogP contribution >= 0.6 is 11.6 Å². The zero-order valence-electron chi connectivity index (χ0n) is 14.7. The molecular formula is C20H15ClFN3O3. The van der Waals surface area contributed by atoms with Crippen LogP contribution < -0.4 is 10.8 Å². The second kappa shape index (κ2) is 8.06. The molecule has 2 aromatic carbocycles. The summed E-state index contributed by atoms with van der Waals surface area (Å²) >= 11 is 5.79. The normalized spacial score (nSPS) is 11.3. The molecule has 0 fully saturated rings. The average molecular weight is 400 g/mol. The van der Waals surface area contributed by atoms with Crippen LogP contribution in [0.15, 0.2) is 65.8 Å². The molecule has 3 rings (SSSR count). The molecule has 0 aliphatic rings. The molecule has 2 N–H and O–H groups in total. The van der Waals surface area contributed by atoms with Crippen LogP contribution in [-0.2, 0) is 0 Å². The summed E-state index contributed by atoms with van der Waals surface area (Å²) in [6.45, 7) is 1.96. The van der Waals surface area contributed by atoms with Gasteiger partial charge in [0.05, 0.1) is 16.8 Å². The lowest BCUT2D eigenvalue weighted by Crippen LogP contribution is -2.31. The Morgan fingerprint density at radius 1 is 1.07 bits per heavy atom. The summed E-state index contributed by atoms with van der Waals surface area (Å²) in [6.07, 6.45) is 1.38. The van der Waals surface area contributed by atoms with Gasteiger partial charge in [0.15, 0.2) is 5.49 Å². The van der Waals surface area contributed by atoms with Gasteiger partial charge in [-0.2, -0.15) is 9.72 Å². The summed E-state index contributed by atoms with van der Waals surface area (Å²) in [4.78, 5) is 27.6. The van der Waals surface area contributed by atoms with Gasteiger partial charge in [-0.3, -0.25) is 10.1 Å². The molecule has 0 aliphatic heterocycles. The van der Waals surface area contributed by atoms with E-state index < -0.39 is 23.3 Å². The quantitative estimate of drug-likeness (QED) is 0.640. The molecule has 6 nitrogen and oxygen atoms in total. The Morgan fingerprint density at radius 3 is 2.39 bits per heavy atom. The van der Waals surface area contributed by atoms with E-state index in [1.165, 1.54) is 24.4 Å². The van der Waals surface area contributed by atoms with E-state index in [1.54, 1.807) is 6.07 Å². The third kappa shape index (κ3) is 4.27. The van der Waals surface area contributed by atoms with Crippen LogP contribution in [0, 0.1) is 12.7 Å². The first kappa shape index (κ1) is 19.3. The molecule has 3 amide bonds. The number of hydrogen-bond donors (Lipinski definition) is 2. The predicted octanol–water partition coefficient (Wildman–Crippen LogP) is 3.94. The minimum absolute atomic E-state index is 0.110. The van der Waals surface area contributed by atoms with Crippen LogP contribution in [0.1, 0.15) is 15.9 Å². The Kier molecular flexibility index (Phi) is 5.56. The van der Waals surface area contributed by atoms with Crippen LogP contribution in [0.3, 0.4) is 0 Å². The maximum Gasteiger partial charge on any atom is 0.349 e. The van der Waals surface area contributed by atoms with E-state index in [-0.39, 0.29) is 10.5 Å². The smallest absolute Gasteiger partial charge is 0.349 e. The van der Waals surface area contributed by atoms with E-state index in [0.717, 1.165) is 17.2 Å². The molecule has 0 radical (unpaired) electrons. The second-order valence-corrected chi connectivity index (χ2v) is 6.36. The molecule has 0 saturated heterocycles. The minimum atomic E-state index is -1.07. The maximum atomic E-state index is 13.7. The minimum Gasteiger partial charge on any atom is -0.427 e. The SMILES string of the molecule is Cc1ccc(-c2ccc(=NC(=O)NC(=O)c3c(F)cccc3Cl)n(O)c2)cc1. The van der Waals surface area contributed by atoms with Gasteiger partial charge in [-0.05, 0) is 36.8 Å². The third-order valence-corrected chi connectivity index (χ3v) is 4.23. The van der Waals surface area contributed by atoms with Crippen molar-refractivity contribution in [2.75, 3.05) is 0 Å². The van der Waals surface area contributed by atoms with Gasteiger partial charge in [0, 0.05) is 5.56 Å². The monoisotopic (exact) mass is 399 g/mol. The molecule has 0 atom stereocenters. The Labute approximate surface area is 164 Å². The van der Waals surface area contributed by atoms with E-state index in [4.69, 9.17) is 11.6 Å². The number of amides is 3. The van der Waals surface area contributed by atoms with E-state index in [0.29, 0.717) is 10.3 Å². The Balaban J connectivity index is 1.82. The van der Waals surface area contributed by atoms with E-state index in [2.05, 4.69) is 4.99 Å². The number of carbonyl (C=O) groups is 2. The molecule has 0 aliphatic carbocycles. The van der Waals surface area contributed by atoms with E-state index in [1.807, 2.05) is 36.5 Å². The van der Waals surface area contributed by atoms with Gasteiger partial charge in [0.1, 0.15) is 5.82 Å². The zero-order valence-corrected chi connectivity index (χ0v) is 15.4. The number of aryl methyl sites for hydroxylation is 1. The Morgan fingerprint density at radius 2 is 1.75 bits per heavy atom. The summed E-state index contributed by atoms with van der Waals surface area (Å²) in [5.74, 6) is -1.89. The number of pyridine rings is 1. The summed E-state index contributed by atoms with van der Waals surface area (Å²) in [6, 6.07) is 13.4. The van der Waals surface area contributed by atoms with Crippen LogP contribution in [0.5, 0.6) is 0 Å². The standard InChI is InChI=1S/C20H15ClFN3O3/c1-12-5-7-13(8-6-12)14-9-10-17(25(28)11-14)23-20(27)24-19(26)18-15(21)3-2-4-16(18)22/h2-11,28H,1H3,(H,24,26,27). The molecule has 1 heterocycles. The fourth-order valence-corrected chi connectivity index (χ4v) is 2.74. The molecule has 1 aromatic heterocycles. The largest absolute Gasteiger partial charge is 0.427 e. The van der Waals surface area contributed by atoms with Crippen molar-refractivity contribution in [3.63, 3.8) is 0 Å². The Hall–Kier alpha value is -3.45. The highest BCUT2D eigenvalue weighted by Gasteiger charge is 2.17. The van der Waals surface area contributed by atoms with Crippen molar-refractivity contribution in [3.8, 4) is 11.1 Å². The number of imide groups is 1. The van der Waals surface area contributed by atoms with Gasteiger partial charge in [-0.25, -0.2) is 9.18 Å². The number of nitrogens with one attached hydrogen (secondary N) is 1. The number of aromatic nitrogens is 1. The Bertz CT molecular complexity index is 1100. The third-order valence-electron chi connectivity index (χ3n) is 3.92. The van der Waals surface area contributed by atoms with E-state index >= 15 is 0 Å². The number of rotatable bonds is 2. The number of nitrogens with zero attached hydrogens (tertiary/aromatic N) is 2. The molecule has 3 aromatic rings. The molecule has 0 spiro atoms. The van der Waals surface area contributed by atoms with Gasteiger partial charge >= 0.3 is 6.03 Å². The van der Waals surface area contributed by atoms with Gasteiger partial charge < -0.3 is 5.21 Å². The maximum absolute atomic E-state index is 13.7. The van der Waals surface area contributed by atoms with Crippen LogP contribution in [0.25, 0.3) is 11.1 Å². The van der Waals surface area contributed by atoms with Crippen molar-refractivity contribution in [1.82, 2.24) is 10.0 Å². The lowest BCUT2D eigenvalue weighted by Gasteiger charge is -2.06. The van der Waals surface area contributed by atoms with Crippen LogP contribution in [0.4, 0.5) is 9.18 Å². The number of carbonyl (C=O) groups excluding carboxylic acids is 2. The topological polar surface area (TPSA) is 83.7 Å². The highest BCUT2D eigenvalue weighted by Crippen LogP contribution is 2.19. The molecule has 0 unspecified atom stereocenters. The van der Waals surface area contributed by atoms with Crippen molar-refractivity contribution in [2.24, 2.45) is 4.99 Å². The van der Waals surface area contributed by atoms with Crippen molar-refractivity contribution in [3.05, 3.63) is 88.2 Å². The van der Waals surface area contributed by atoms with Crippen molar-refractivity contribution in [2.45, 2.75) is 6.92 Å². The highest BCUT2D eigenvalue weighted by molar-refractivity contribution is 6.34. The summed E-state index contributed by atoms with van der Waals surface area (Å²) < 4.78 is 14.4. The highest BCUT2D eigenvalue weighted by atomic mass is 35.5. The first-order valence-electron chi connectivity index (χ1n) is 8.18.